The van der Waals surface area contributed by atoms with Crippen molar-refractivity contribution in [1.29, 1.82) is 0 Å². The molecule has 0 aliphatic carbocycles. The van der Waals surface area contributed by atoms with Gasteiger partial charge in [-0.2, -0.15) is 0 Å². The molecule has 2 rings (SSSR count). The van der Waals surface area contributed by atoms with Crippen LogP contribution in [-0.2, 0) is 6.54 Å². The summed E-state index contributed by atoms with van der Waals surface area (Å²) in [5.41, 5.74) is 7.56. The van der Waals surface area contributed by atoms with Crippen molar-refractivity contribution in [3.8, 4) is 0 Å². The van der Waals surface area contributed by atoms with Crippen LogP contribution < -0.4 is 5.73 Å². The lowest BCUT2D eigenvalue weighted by molar-refractivity contribution is 0.0707. The average Bonchev–Trinajstić information content (AvgIpc) is 2.82. The Morgan fingerprint density at radius 2 is 1.95 bits per heavy atom. The van der Waals surface area contributed by atoms with Gasteiger partial charge in [-0.3, -0.25) is 4.79 Å². The van der Waals surface area contributed by atoms with Crippen LogP contribution in [0.2, 0.25) is 0 Å². The quantitative estimate of drug-likeness (QED) is 0.888. The van der Waals surface area contributed by atoms with E-state index < -0.39 is 0 Å². The van der Waals surface area contributed by atoms with Gasteiger partial charge < -0.3 is 15.1 Å². The van der Waals surface area contributed by atoms with Crippen LogP contribution in [-0.4, -0.2) is 23.9 Å². The minimum Gasteiger partial charge on any atom is -0.456 e. The van der Waals surface area contributed by atoms with E-state index in [4.69, 9.17) is 10.2 Å². The smallest absolute Gasteiger partial charge is 0.290 e. The van der Waals surface area contributed by atoms with Crippen LogP contribution in [0, 0.1) is 13.8 Å². The van der Waals surface area contributed by atoms with E-state index >= 15 is 0 Å². The number of furan rings is 1. The number of nitrogens with zero attached hydrogens (tertiary/aromatic N) is 1. The normalized spacial score (nSPS) is 10.6. The summed E-state index contributed by atoms with van der Waals surface area (Å²) in [6.07, 6.45) is 0.775. The Morgan fingerprint density at radius 1 is 1.24 bits per heavy atom. The summed E-state index contributed by atoms with van der Waals surface area (Å²) in [4.78, 5) is 14.5. The maximum absolute atomic E-state index is 12.7. The van der Waals surface area contributed by atoms with Crippen LogP contribution in [0.4, 0.5) is 0 Å². The Bertz CT molecular complexity index is 590. The van der Waals surface area contributed by atoms with E-state index in [1.807, 2.05) is 50.2 Å². The first kappa shape index (κ1) is 15.3. The number of carbonyl (C=O) groups is 1. The number of rotatable bonds is 6. The van der Waals surface area contributed by atoms with Gasteiger partial charge in [0, 0.05) is 18.7 Å². The summed E-state index contributed by atoms with van der Waals surface area (Å²) in [6.45, 7) is 5.51. The van der Waals surface area contributed by atoms with Crippen molar-refractivity contribution in [1.82, 2.24) is 4.90 Å². The van der Waals surface area contributed by atoms with Gasteiger partial charge in [0.1, 0.15) is 5.76 Å². The molecule has 0 spiro atoms. The van der Waals surface area contributed by atoms with Gasteiger partial charge in [-0.25, -0.2) is 0 Å². The summed E-state index contributed by atoms with van der Waals surface area (Å²) in [5.74, 6) is 1.12. The number of nitrogens with two attached hydrogens (primary N) is 1. The van der Waals surface area contributed by atoms with Crippen molar-refractivity contribution in [2.75, 3.05) is 13.1 Å². The summed E-state index contributed by atoms with van der Waals surface area (Å²) in [5, 5.41) is 0. The molecule has 1 aromatic heterocycles. The monoisotopic (exact) mass is 286 g/mol. The Morgan fingerprint density at radius 3 is 2.52 bits per heavy atom. The van der Waals surface area contributed by atoms with Crippen molar-refractivity contribution in [2.24, 2.45) is 5.73 Å². The summed E-state index contributed by atoms with van der Waals surface area (Å²) >= 11 is 0. The molecule has 0 atom stereocenters. The largest absolute Gasteiger partial charge is 0.456 e. The lowest BCUT2D eigenvalue weighted by Crippen LogP contribution is -2.32. The average molecular weight is 286 g/mol. The van der Waals surface area contributed by atoms with Crippen LogP contribution in [0.5, 0.6) is 0 Å². The van der Waals surface area contributed by atoms with Crippen molar-refractivity contribution in [2.45, 2.75) is 26.8 Å². The zero-order chi connectivity index (χ0) is 15.2. The molecule has 2 N–H and O–H groups in total. The Balaban J connectivity index is 2.19. The van der Waals surface area contributed by atoms with E-state index in [2.05, 4.69) is 0 Å². The van der Waals surface area contributed by atoms with E-state index in [0.29, 0.717) is 25.4 Å². The van der Waals surface area contributed by atoms with Gasteiger partial charge in [-0.05, 0) is 38.4 Å². The number of benzene rings is 1. The van der Waals surface area contributed by atoms with Gasteiger partial charge in [-0.1, -0.05) is 30.3 Å². The molecule has 112 valence electrons. The van der Waals surface area contributed by atoms with Gasteiger partial charge in [-0.15, -0.1) is 0 Å². The molecule has 0 bridgehead atoms. The molecular formula is C17H22N2O2. The van der Waals surface area contributed by atoms with Gasteiger partial charge in [0.05, 0.1) is 0 Å². The Kier molecular flexibility index (Phi) is 5.17. The minimum atomic E-state index is -0.0714. The van der Waals surface area contributed by atoms with Gasteiger partial charge in [0.15, 0.2) is 5.76 Å². The molecule has 2 aromatic rings. The van der Waals surface area contributed by atoms with E-state index in [1.54, 1.807) is 4.90 Å². The maximum Gasteiger partial charge on any atom is 0.290 e. The highest BCUT2D eigenvalue weighted by molar-refractivity contribution is 5.93. The fraction of sp³-hybridized carbons (Fsp3) is 0.353. The zero-order valence-electron chi connectivity index (χ0n) is 12.6. The molecule has 1 heterocycles. The maximum atomic E-state index is 12.7. The minimum absolute atomic E-state index is 0.0714. The van der Waals surface area contributed by atoms with Crippen LogP contribution in [0.15, 0.2) is 40.8 Å². The molecule has 4 heteroatoms. The third-order valence-electron chi connectivity index (χ3n) is 3.37. The van der Waals surface area contributed by atoms with E-state index in [-0.39, 0.29) is 5.91 Å². The predicted molar refractivity (Wildman–Crippen MR) is 83.0 cm³/mol. The molecule has 21 heavy (non-hydrogen) atoms. The second-order valence-electron chi connectivity index (χ2n) is 5.22. The fourth-order valence-electron chi connectivity index (χ4n) is 2.34. The summed E-state index contributed by atoms with van der Waals surface area (Å²) in [7, 11) is 0. The second kappa shape index (κ2) is 7.09. The predicted octanol–water partition coefficient (Wildman–Crippen LogP) is 2.89. The van der Waals surface area contributed by atoms with Gasteiger partial charge in [0.2, 0.25) is 0 Å². The molecule has 0 fully saturated rings. The Hall–Kier alpha value is -2.07. The molecule has 4 nitrogen and oxygen atoms in total. The standard InChI is InChI=1S/C17H22N2O2/c1-13-11-14(2)21-16(13)17(20)19(10-6-9-18)12-15-7-4-3-5-8-15/h3-5,7-8,11H,6,9-10,12,18H2,1-2H3. The zero-order valence-corrected chi connectivity index (χ0v) is 12.6. The SMILES string of the molecule is Cc1cc(C)c(C(=O)N(CCCN)Cc2ccccc2)o1. The second-order valence-corrected chi connectivity index (χ2v) is 5.22. The van der Waals surface area contributed by atoms with E-state index in [9.17, 15) is 4.79 Å². The summed E-state index contributed by atoms with van der Waals surface area (Å²) in [6, 6.07) is 11.8. The van der Waals surface area contributed by atoms with Crippen molar-refractivity contribution < 1.29 is 9.21 Å². The third-order valence-corrected chi connectivity index (χ3v) is 3.37. The summed E-state index contributed by atoms with van der Waals surface area (Å²) < 4.78 is 5.55. The number of carbonyl (C=O) groups excluding carboxylic acids is 1. The molecule has 0 saturated heterocycles. The molecule has 0 aliphatic heterocycles. The number of hydrogen-bond donors (Lipinski definition) is 1. The van der Waals surface area contributed by atoms with Crippen LogP contribution in [0.1, 0.15) is 33.9 Å². The van der Waals surface area contributed by atoms with Crippen molar-refractivity contribution >= 4 is 5.91 Å². The molecule has 0 radical (unpaired) electrons. The molecular weight excluding hydrogens is 264 g/mol. The number of aryl methyl sites for hydroxylation is 2. The van der Waals surface area contributed by atoms with Gasteiger partial charge in [0.25, 0.3) is 5.91 Å². The lowest BCUT2D eigenvalue weighted by Gasteiger charge is -2.22. The molecule has 0 saturated carbocycles. The van der Waals surface area contributed by atoms with Crippen molar-refractivity contribution in [3.63, 3.8) is 0 Å². The van der Waals surface area contributed by atoms with Crippen LogP contribution in [0.3, 0.4) is 0 Å². The first-order chi connectivity index (χ1) is 10.1. The Labute approximate surface area is 125 Å². The number of amides is 1. The van der Waals surface area contributed by atoms with Crippen LogP contribution in [0.25, 0.3) is 0 Å². The van der Waals surface area contributed by atoms with Gasteiger partial charge >= 0.3 is 0 Å². The molecule has 1 aromatic carbocycles. The molecule has 1 amide bonds. The van der Waals surface area contributed by atoms with Crippen LogP contribution >= 0.6 is 0 Å². The highest BCUT2D eigenvalue weighted by atomic mass is 16.4. The first-order valence-electron chi connectivity index (χ1n) is 7.22. The fourth-order valence-corrected chi connectivity index (χ4v) is 2.34. The first-order valence-corrected chi connectivity index (χ1v) is 7.22. The third kappa shape index (κ3) is 3.95. The highest BCUT2D eigenvalue weighted by Crippen LogP contribution is 2.17. The van der Waals surface area contributed by atoms with Crippen molar-refractivity contribution in [3.05, 3.63) is 59.0 Å². The van der Waals surface area contributed by atoms with E-state index in [0.717, 1.165) is 23.3 Å². The molecule has 0 unspecified atom stereocenters. The van der Waals surface area contributed by atoms with E-state index in [1.165, 1.54) is 0 Å². The molecule has 0 aliphatic rings. The number of hydrogen-bond acceptors (Lipinski definition) is 3. The lowest BCUT2D eigenvalue weighted by atomic mass is 10.2. The topological polar surface area (TPSA) is 59.5 Å². The highest BCUT2D eigenvalue weighted by Gasteiger charge is 2.21.